The van der Waals surface area contributed by atoms with Crippen molar-refractivity contribution >= 4 is 17.6 Å². The van der Waals surface area contributed by atoms with Crippen LogP contribution in [-0.2, 0) is 15.1 Å². The van der Waals surface area contributed by atoms with E-state index in [1.54, 1.807) is 6.07 Å². The number of anilines is 1. The Morgan fingerprint density at radius 1 is 1.21 bits per heavy atom. The lowest BCUT2D eigenvalue weighted by Crippen LogP contribution is -2.45. The van der Waals surface area contributed by atoms with Crippen LogP contribution in [0.4, 0.5) is 5.82 Å². The summed E-state index contributed by atoms with van der Waals surface area (Å²) in [6.45, 7) is 0. The third kappa shape index (κ3) is 1.83. The molecule has 6 nitrogen and oxygen atoms in total. The number of nitrogen functional groups attached to an aromatic ring is 1. The van der Waals surface area contributed by atoms with Crippen molar-refractivity contribution in [2.45, 2.75) is 31.2 Å². The maximum atomic E-state index is 12.2. The molecule has 2 saturated carbocycles. The molecule has 0 aromatic carbocycles. The third-order valence-electron chi connectivity index (χ3n) is 4.02. The molecular weight excluding hydrogens is 244 g/mol. The molecule has 3 rings (SSSR count). The SMILES string of the molecule is NC(=O)C1(C(=O)NC2(c3cccc(N)n3)CC2)CC1. The Labute approximate surface area is 110 Å². The van der Waals surface area contributed by atoms with Crippen molar-refractivity contribution in [2.24, 2.45) is 11.1 Å². The smallest absolute Gasteiger partial charge is 0.236 e. The van der Waals surface area contributed by atoms with Crippen LogP contribution in [0.25, 0.3) is 0 Å². The summed E-state index contributed by atoms with van der Waals surface area (Å²) in [4.78, 5) is 27.8. The van der Waals surface area contributed by atoms with Crippen molar-refractivity contribution < 1.29 is 9.59 Å². The van der Waals surface area contributed by atoms with Crippen molar-refractivity contribution in [3.8, 4) is 0 Å². The fourth-order valence-corrected chi connectivity index (χ4v) is 2.34. The molecule has 0 unspecified atom stereocenters. The first kappa shape index (κ1) is 12.0. The molecule has 0 atom stereocenters. The number of amides is 2. The number of hydrogen-bond donors (Lipinski definition) is 3. The highest BCUT2D eigenvalue weighted by Crippen LogP contribution is 2.50. The maximum Gasteiger partial charge on any atom is 0.236 e. The Hall–Kier alpha value is -2.11. The van der Waals surface area contributed by atoms with Gasteiger partial charge >= 0.3 is 0 Å². The van der Waals surface area contributed by atoms with Gasteiger partial charge in [0, 0.05) is 0 Å². The van der Waals surface area contributed by atoms with Crippen molar-refractivity contribution in [3.05, 3.63) is 23.9 Å². The first-order valence-corrected chi connectivity index (χ1v) is 6.34. The molecule has 1 aromatic rings. The van der Waals surface area contributed by atoms with Gasteiger partial charge in [-0.2, -0.15) is 0 Å². The summed E-state index contributed by atoms with van der Waals surface area (Å²) in [5, 5.41) is 2.94. The molecule has 0 spiro atoms. The van der Waals surface area contributed by atoms with E-state index in [9.17, 15) is 9.59 Å². The summed E-state index contributed by atoms with van der Waals surface area (Å²) in [7, 11) is 0. The Bertz CT molecular complexity index is 562. The van der Waals surface area contributed by atoms with Gasteiger partial charge in [0.2, 0.25) is 11.8 Å². The Kier molecular flexibility index (Phi) is 2.32. The number of hydrogen-bond acceptors (Lipinski definition) is 4. The van der Waals surface area contributed by atoms with Gasteiger partial charge in [0.15, 0.2) is 0 Å². The van der Waals surface area contributed by atoms with Gasteiger partial charge in [0.1, 0.15) is 11.2 Å². The first-order valence-electron chi connectivity index (χ1n) is 6.34. The minimum absolute atomic E-state index is 0.276. The Balaban J connectivity index is 1.80. The minimum atomic E-state index is -0.990. The molecule has 0 aliphatic heterocycles. The van der Waals surface area contributed by atoms with Crippen LogP contribution < -0.4 is 16.8 Å². The van der Waals surface area contributed by atoms with Crippen molar-refractivity contribution in [2.75, 3.05) is 5.73 Å². The third-order valence-corrected chi connectivity index (χ3v) is 4.02. The lowest BCUT2D eigenvalue weighted by Gasteiger charge is -2.20. The number of primary amides is 1. The van der Waals surface area contributed by atoms with Crippen molar-refractivity contribution in [1.82, 2.24) is 10.3 Å². The number of nitrogens with one attached hydrogen (secondary N) is 1. The van der Waals surface area contributed by atoms with Crippen molar-refractivity contribution in [3.63, 3.8) is 0 Å². The fourth-order valence-electron chi connectivity index (χ4n) is 2.34. The fraction of sp³-hybridized carbons (Fsp3) is 0.462. The molecule has 0 saturated heterocycles. The van der Waals surface area contributed by atoms with Crippen molar-refractivity contribution in [1.29, 1.82) is 0 Å². The van der Waals surface area contributed by atoms with Gasteiger partial charge in [-0.15, -0.1) is 0 Å². The molecule has 5 N–H and O–H groups in total. The summed E-state index contributed by atoms with van der Waals surface area (Å²) in [5.74, 6) is -0.392. The van der Waals surface area contributed by atoms with Gasteiger partial charge in [-0.25, -0.2) is 4.98 Å². The van der Waals surface area contributed by atoms with Crippen LogP contribution in [0.15, 0.2) is 18.2 Å². The Morgan fingerprint density at radius 2 is 1.89 bits per heavy atom. The van der Waals surface area contributed by atoms with Crippen LogP contribution in [-0.4, -0.2) is 16.8 Å². The predicted molar refractivity (Wildman–Crippen MR) is 68.6 cm³/mol. The minimum Gasteiger partial charge on any atom is -0.384 e. The number of aromatic nitrogens is 1. The zero-order valence-electron chi connectivity index (χ0n) is 10.5. The number of carbonyl (C=O) groups excluding carboxylic acids is 2. The molecule has 2 amide bonds. The zero-order chi connectivity index (χ0) is 13.7. The molecular formula is C13H16N4O2. The molecule has 2 aliphatic rings. The average Bonchev–Trinajstić information content (AvgIpc) is 3.24. The topological polar surface area (TPSA) is 111 Å². The molecule has 0 radical (unpaired) electrons. The lowest BCUT2D eigenvalue weighted by atomic mass is 10.0. The van der Waals surface area contributed by atoms with Crippen LogP contribution in [0, 0.1) is 5.41 Å². The predicted octanol–water partition coefficient (Wildman–Crippen LogP) is 0.0346. The van der Waals surface area contributed by atoms with E-state index < -0.39 is 16.9 Å². The second kappa shape index (κ2) is 3.69. The number of carbonyl (C=O) groups is 2. The van der Waals surface area contributed by atoms with Gasteiger partial charge < -0.3 is 16.8 Å². The second-order valence-corrected chi connectivity index (χ2v) is 5.43. The molecule has 2 fully saturated rings. The molecule has 1 heterocycles. The van der Waals surface area contributed by atoms with Gasteiger partial charge in [-0.05, 0) is 37.8 Å². The maximum absolute atomic E-state index is 12.2. The second-order valence-electron chi connectivity index (χ2n) is 5.43. The summed E-state index contributed by atoms with van der Waals surface area (Å²) in [6.07, 6.45) is 2.69. The summed E-state index contributed by atoms with van der Waals surface area (Å²) < 4.78 is 0. The largest absolute Gasteiger partial charge is 0.384 e. The average molecular weight is 260 g/mol. The van der Waals surface area contributed by atoms with Crippen LogP contribution in [0.3, 0.4) is 0 Å². The highest BCUT2D eigenvalue weighted by atomic mass is 16.2. The molecule has 6 heteroatoms. The summed E-state index contributed by atoms with van der Waals surface area (Å²) in [6, 6.07) is 5.35. The van der Waals surface area contributed by atoms with E-state index >= 15 is 0 Å². The van der Waals surface area contributed by atoms with Crippen LogP contribution in [0.1, 0.15) is 31.4 Å². The quantitative estimate of drug-likeness (QED) is 0.663. The molecule has 100 valence electrons. The molecule has 19 heavy (non-hydrogen) atoms. The first-order chi connectivity index (χ1) is 8.98. The van der Waals surface area contributed by atoms with Gasteiger partial charge in [-0.3, -0.25) is 9.59 Å². The van der Waals surface area contributed by atoms with E-state index in [2.05, 4.69) is 10.3 Å². The van der Waals surface area contributed by atoms with Gasteiger partial charge in [0.25, 0.3) is 0 Å². The number of pyridine rings is 1. The highest BCUT2D eigenvalue weighted by Gasteiger charge is 2.59. The number of rotatable bonds is 4. The number of nitrogens with two attached hydrogens (primary N) is 2. The standard InChI is InChI=1S/C13H16N4O2/c14-9-3-1-2-8(16-9)13(6-7-13)17-11(19)12(4-5-12)10(15)18/h1-3H,4-7H2,(H2,14,16)(H2,15,18)(H,17,19). The molecule has 2 aliphatic carbocycles. The van der Waals surface area contributed by atoms with E-state index in [4.69, 9.17) is 11.5 Å². The molecule has 1 aromatic heterocycles. The molecule has 0 bridgehead atoms. The van der Waals surface area contributed by atoms with E-state index in [0.29, 0.717) is 18.7 Å². The van der Waals surface area contributed by atoms with E-state index in [0.717, 1.165) is 18.5 Å². The monoisotopic (exact) mass is 260 g/mol. The van der Waals surface area contributed by atoms with Crippen LogP contribution >= 0.6 is 0 Å². The van der Waals surface area contributed by atoms with Gasteiger partial charge in [-0.1, -0.05) is 6.07 Å². The van der Waals surface area contributed by atoms with E-state index in [-0.39, 0.29) is 5.91 Å². The summed E-state index contributed by atoms with van der Waals surface area (Å²) >= 11 is 0. The van der Waals surface area contributed by atoms with Gasteiger partial charge in [0.05, 0.1) is 11.2 Å². The highest BCUT2D eigenvalue weighted by molar-refractivity contribution is 6.07. The summed E-state index contributed by atoms with van der Waals surface area (Å²) in [5.41, 5.74) is 10.3. The van der Waals surface area contributed by atoms with Crippen LogP contribution in [0.5, 0.6) is 0 Å². The zero-order valence-corrected chi connectivity index (χ0v) is 10.5. The lowest BCUT2D eigenvalue weighted by molar-refractivity contribution is -0.136. The normalized spacial score (nSPS) is 21.5. The van der Waals surface area contributed by atoms with E-state index in [1.165, 1.54) is 0 Å². The van der Waals surface area contributed by atoms with E-state index in [1.807, 2.05) is 12.1 Å². The number of nitrogens with zero attached hydrogens (tertiary/aromatic N) is 1. The van der Waals surface area contributed by atoms with Crippen LogP contribution in [0.2, 0.25) is 0 Å². The Morgan fingerprint density at radius 3 is 2.37 bits per heavy atom.